The average Bonchev–Trinajstić information content (AvgIpc) is 2.95. The molecule has 1 amide bonds. The van der Waals surface area contributed by atoms with Crippen LogP contribution in [-0.2, 0) is 17.8 Å². The SMILES string of the molecule is O=C(CC1CC1)N[C@@H]1CCn2nccc2C1. The van der Waals surface area contributed by atoms with Crippen molar-refractivity contribution >= 4 is 5.91 Å². The van der Waals surface area contributed by atoms with Gasteiger partial charge in [-0.1, -0.05) is 0 Å². The van der Waals surface area contributed by atoms with E-state index < -0.39 is 0 Å². The van der Waals surface area contributed by atoms with E-state index in [4.69, 9.17) is 0 Å². The largest absolute Gasteiger partial charge is 0.353 e. The number of amides is 1. The van der Waals surface area contributed by atoms with Crippen LogP contribution in [0, 0.1) is 5.92 Å². The number of nitrogens with zero attached hydrogens (tertiary/aromatic N) is 2. The van der Waals surface area contributed by atoms with E-state index >= 15 is 0 Å². The quantitative estimate of drug-likeness (QED) is 0.828. The average molecular weight is 219 g/mol. The van der Waals surface area contributed by atoms with E-state index in [9.17, 15) is 4.79 Å². The molecule has 0 aromatic carbocycles. The molecule has 0 spiro atoms. The molecule has 0 saturated heterocycles. The van der Waals surface area contributed by atoms with Crippen LogP contribution in [0.2, 0.25) is 0 Å². The molecule has 1 fully saturated rings. The lowest BCUT2D eigenvalue weighted by Gasteiger charge is -2.24. The fourth-order valence-electron chi connectivity index (χ4n) is 2.36. The molecule has 1 aromatic rings. The van der Waals surface area contributed by atoms with Gasteiger partial charge in [-0.25, -0.2) is 0 Å². The lowest BCUT2D eigenvalue weighted by Crippen LogP contribution is -2.40. The zero-order valence-electron chi connectivity index (χ0n) is 9.35. The number of hydrogen-bond acceptors (Lipinski definition) is 2. The minimum absolute atomic E-state index is 0.237. The summed E-state index contributed by atoms with van der Waals surface area (Å²) in [6.45, 7) is 0.927. The topological polar surface area (TPSA) is 46.9 Å². The molecule has 4 heteroatoms. The Kier molecular flexibility index (Phi) is 2.42. The molecule has 2 aliphatic rings. The molecule has 0 radical (unpaired) electrons. The fraction of sp³-hybridized carbons (Fsp3) is 0.667. The molecule has 16 heavy (non-hydrogen) atoms. The molecule has 1 aliphatic carbocycles. The number of aromatic nitrogens is 2. The first-order valence-corrected chi connectivity index (χ1v) is 6.11. The predicted octanol–water partition coefficient (Wildman–Crippen LogP) is 1.11. The lowest BCUT2D eigenvalue weighted by molar-refractivity contribution is -0.122. The number of rotatable bonds is 3. The maximum absolute atomic E-state index is 11.7. The van der Waals surface area contributed by atoms with Gasteiger partial charge in [-0.3, -0.25) is 9.48 Å². The highest BCUT2D eigenvalue weighted by molar-refractivity contribution is 5.76. The first kappa shape index (κ1) is 9.87. The number of fused-ring (bicyclic) bond motifs is 1. The van der Waals surface area contributed by atoms with Crippen LogP contribution < -0.4 is 5.32 Å². The summed E-state index contributed by atoms with van der Waals surface area (Å²) in [7, 11) is 0. The zero-order chi connectivity index (χ0) is 11.0. The molecule has 0 unspecified atom stereocenters. The lowest BCUT2D eigenvalue weighted by atomic mass is 10.0. The normalized spacial score (nSPS) is 23.9. The van der Waals surface area contributed by atoms with Crippen molar-refractivity contribution in [3.05, 3.63) is 18.0 Å². The standard InChI is InChI=1S/C12H17N3O/c16-12(7-9-1-2-9)14-10-4-6-15-11(8-10)3-5-13-15/h3,5,9-10H,1-2,4,6-8H2,(H,14,16)/t10-/m1/s1. The maximum Gasteiger partial charge on any atom is 0.220 e. The highest BCUT2D eigenvalue weighted by Gasteiger charge is 2.26. The summed E-state index contributed by atoms with van der Waals surface area (Å²) in [6.07, 6.45) is 6.98. The molecule has 1 aliphatic heterocycles. The third-order valence-corrected chi connectivity index (χ3v) is 3.49. The van der Waals surface area contributed by atoms with E-state index in [0.29, 0.717) is 12.0 Å². The van der Waals surface area contributed by atoms with Crippen molar-refractivity contribution in [3.8, 4) is 0 Å². The predicted molar refractivity (Wildman–Crippen MR) is 59.8 cm³/mol. The van der Waals surface area contributed by atoms with Crippen molar-refractivity contribution in [3.63, 3.8) is 0 Å². The van der Waals surface area contributed by atoms with Gasteiger partial charge in [0.05, 0.1) is 0 Å². The van der Waals surface area contributed by atoms with Gasteiger partial charge < -0.3 is 5.32 Å². The van der Waals surface area contributed by atoms with Gasteiger partial charge >= 0.3 is 0 Å². The minimum Gasteiger partial charge on any atom is -0.353 e. The summed E-state index contributed by atoms with van der Waals surface area (Å²) in [5, 5.41) is 7.37. The van der Waals surface area contributed by atoms with Crippen LogP contribution in [0.25, 0.3) is 0 Å². The molecule has 1 saturated carbocycles. The summed E-state index contributed by atoms with van der Waals surface area (Å²) < 4.78 is 2.03. The molecule has 3 rings (SSSR count). The van der Waals surface area contributed by atoms with E-state index in [0.717, 1.165) is 25.8 Å². The maximum atomic E-state index is 11.7. The Balaban J connectivity index is 1.55. The second-order valence-corrected chi connectivity index (χ2v) is 4.95. The van der Waals surface area contributed by atoms with Crippen LogP contribution in [0.15, 0.2) is 12.3 Å². The molecule has 1 atom stereocenters. The van der Waals surface area contributed by atoms with Crippen molar-refractivity contribution < 1.29 is 4.79 Å². The summed E-state index contributed by atoms with van der Waals surface area (Å²) in [5.41, 5.74) is 1.24. The Hall–Kier alpha value is -1.32. The van der Waals surface area contributed by atoms with E-state index in [-0.39, 0.29) is 5.91 Å². The summed E-state index contributed by atoms with van der Waals surface area (Å²) >= 11 is 0. The van der Waals surface area contributed by atoms with E-state index in [2.05, 4.69) is 10.4 Å². The van der Waals surface area contributed by atoms with Crippen LogP contribution in [0.5, 0.6) is 0 Å². The summed E-state index contributed by atoms with van der Waals surface area (Å²) in [5.74, 6) is 0.912. The van der Waals surface area contributed by atoms with Gasteiger partial charge in [-0.2, -0.15) is 5.10 Å². The molecule has 86 valence electrons. The number of aryl methyl sites for hydroxylation is 1. The Bertz CT molecular complexity index is 395. The van der Waals surface area contributed by atoms with E-state index in [1.807, 2.05) is 16.9 Å². The Morgan fingerprint density at radius 2 is 2.38 bits per heavy atom. The Labute approximate surface area is 95.0 Å². The fourth-order valence-corrected chi connectivity index (χ4v) is 2.36. The van der Waals surface area contributed by atoms with Crippen molar-refractivity contribution in [2.45, 2.75) is 44.7 Å². The number of nitrogens with one attached hydrogen (secondary N) is 1. The molecule has 0 bridgehead atoms. The minimum atomic E-state index is 0.237. The first-order chi connectivity index (χ1) is 7.81. The van der Waals surface area contributed by atoms with Crippen LogP contribution in [0.3, 0.4) is 0 Å². The van der Waals surface area contributed by atoms with Gasteiger partial charge in [0.15, 0.2) is 0 Å². The van der Waals surface area contributed by atoms with Crippen LogP contribution in [0.1, 0.15) is 31.4 Å². The van der Waals surface area contributed by atoms with Crippen molar-refractivity contribution in [1.82, 2.24) is 15.1 Å². The molecule has 2 heterocycles. The molecule has 1 N–H and O–H groups in total. The number of carbonyl (C=O) groups is 1. The van der Waals surface area contributed by atoms with Crippen molar-refractivity contribution in [2.24, 2.45) is 5.92 Å². The van der Waals surface area contributed by atoms with Crippen LogP contribution in [0.4, 0.5) is 0 Å². The van der Waals surface area contributed by atoms with Gasteiger partial charge in [0.1, 0.15) is 0 Å². The van der Waals surface area contributed by atoms with Crippen LogP contribution >= 0.6 is 0 Å². The molecule has 1 aromatic heterocycles. The van der Waals surface area contributed by atoms with Gasteiger partial charge in [0.25, 0.3) is 0 Å². The van der Waals surface area contributed by atoms with E-state index in [1.54, 1.807) is 0 Å². The molecular weight excluding hydrogens is 202 g/mol. The van der Waals surface area contributed by atoms with E-state index in [1.165, 1.54) is 18.5 Å². The third-order valence-electron chi connectivity index (χ3n) is 3.49. The van der Waals surface area contributed by atoms with Gasteiger partial charge in [-0.15, -0.1) is 0 Å². The van der Waals surface area contributed by atoms with Gasteiger partial charge in [0, 0.05) is 37.3 Å². The number of hydrogen-bond donors (Lipinski definition) is 1. The zero-order valence-corrected chi connectivity index (χ0v) is 9.35. The smallest absolute Gasteiger partial charge is 0.220 e. The summed E-state index contributed by atoms with van der Waals surface area (Å²) in [6, 6.07) is 2.36. The highest BCUT2D eigenvalue weighted by atomic mass is 16.1. The monoisotopic (exact) mass is 219 g/mol. The van der Waals surface area contributed by atoms with Gasteiger partial charge in [0.2, 0.25) is 5.91 Å². The third kappa shape index (κ3) is 2.10. The van der Waals surface area contributed by atoms with Crippen LogP contribution in [-0.4, -0.2) is 21.7 Å². The Morgan fingerprint density at radius 1 is 1.50 bits per heavy atom. The second-order valence-electron chi connectivity index (χ2n) is 4.95. The van der Waals surface area contributed by atoms with Crippen molar-refractivity contribution in [1.29, 1.82) is 0 Å². The molecular formula is C12H17N3O. The first-order valence-electron chi connectivity index (χ1n) is 6.11. The number of carbonyl (C=O) groups excluding carboxylic acids is 1. The summed E-state index contributed by atoms with van der Waals surface area (Å²) in [4.78, 5) is 11.7. The second kappa shape index (κ2) is 3.92. The highest BCUT2D eigenvalue weighted by Crippen LogP contribution is 2.32. The molecule has 4 nitrogen and oxygen atoms in total. The van der Waals surface area contributed by atoms with Gasteiger partial charge in [-0.05, 0) is 31.2 Å². The van der Waals surface area contributed by atoms with Crippen molar-refractivity contribution in [2.75, 3.05) is 0 Å². The Morgan fingerprint density at radius 3 is 3.19 bits per heavy atom.